The van der Waals surface area contributed by atoms with E-state index < -0.39 is 5.97 Å². The summed E-state index contributed by atoms with van der Waals surface area (Å²) in [7, 11) is 1.51. The number of carbonyl (C=O) groups excluding carboxylic acids is 3. The molecule has 3 fully saturated rings. The Kier molecular flexibility index (Phi) is 3.88. The summed E-state index contributed by atoms with van der Waals surface area (Å²) in [5.74, 6) is 1.09. The van der Waals surface area contributed by atoms with E-state index in [1.54, 1.807) is 48.5 Å². The summed E-state index contributed by atoms with van der Waals surface area (Å²) in [4.78, 5) is 40.3. The predicted octanol–water partition coefficient (Wildman–Crippen LogP) is 3.47. The van der Waals surface area contributed by atoms with Crippen LogP contribution in [0.4, 0.5) is 5.69 Å². The first-order chi connectivity index (χ1) is 15.1. The number of methoxy groups -OCH3 is 1. The molecule has 0 radical (unpaired) electrons. The average Bonchev–Trinajstić information content (AvgIpc) is 3.58. The zero-order valence-corrected chi connectivity index (χ0v) is 16.9. The Bertz CT molecular complexity index is 1100. The molecule has 31 heavy (non-hydrogen) atoms. The monoisotopic (exact) mass is 415 g/mol. The molecule has 0 aromatic heterocycles. The molecule has 6 nitrogen and oxygen atoms in total. The van der Waals surface area contributed by atoms with Gasteiger partial charge in [0.1, 0.15) is 0 Å². The summed E-state index contributed by atoms with van der Waals surface area (Å²) < 4.78 is 10.6. The maximum absolute atomic E-state index is 13.2. The summed E-state index contributed by atoms with van der Waals surface area (Å²) in [6.45, 7) is 0. The van der Waals surface area contributed by atoms with Crippen molar-refractivity contribution in [2.75, 3.05) is 12.0 Å². The van der Waals surface area contributed by atoms with Crippen LogP contribution in [-0.4, -0.2) is 24.9 Å². The Morgan fingerprint density at radius 3 is 2.03 bits per heavy atom. The molecule has 0 spiro atoms. The highest BCUT2D eigenvalue weighted by Gasteiger charge is 2.67. The first-order valence-corrected chi connectivity index (χ1v) is 10.6. The summed E-state index contributed by atoms with van der Waals surface area (Å²) in [6.07, 6.45) is 5.45. The SMILES string of the molecule is COc1ccccc1OC(=O)c1ccc(N2C(=O)[C@@H]3[C@H]4C=C[C@@H]([C@@H]5C[C@H]45)[C@H]3C2=O)cc1. The van der Waals surface area contributed by atoms with Crippen LogP contribution in [0, 0.1) is 35.5 Å². The van der Waals surface area contributed by atoms with Crippen molar-refractivity contribution in [1.82, 2.24) is 0 Å². The van der Waals surface area contributed by atoms with Crippen molar-refractivity contribution in [2.45, 2.75) is 6.42 Å². The van der Waals surface area contributed by atoms with Gasteiger partial charge in [0.2, 0.25) is 11.8 Å². The van der Waals surface area contributed by atoms with Crippen LogP contribution in [0.5, 0.6) is 11.5 Å². The molecule has 2 aromatic carbocycles. The number of anilines is 1. The lowest BCUT2D eigenvalue weighted by Crippen LogP contribution is -2.40. The van der Waals surface area contributed by atoms with E-state index in [2.05, 4.69) is 12.2 Å². The van der Waals surface area contributed by atoms with E-state index in [1.165, 1.54) is 12.0 Å². The van der Waals surface area contributed by atoms with Gasteiger partial charge in [-0.3, -0.25) is 14.5 Å². The highest BCUT2D eigenvalue weighted by Crippen LogP contribution is 2.65. The van der Waals surface area contributed by atoms with Crippen LogP contribution in [-0.2, 0) is 9.59 Å². The zero-order valence-electron chi connectivity index (χ0n) is 16.9. The quantitative estimate of drug-likeness (QED) is 0.331. The molecule has 156 valence electrons. The van der Waals surface area contributed by atoms with Crippen LogP contribution in [0.3, 0.4) is 0 Å². The Labute approximate surface area is 179 Å². The van der Waals surface area contributed by atoms with Gasteiger partial charge in [-0.05, 0) is 66.5 Å². The number of hydrogen-bond donors (Lipinski definition) is 0. The minimum atomic E-state index is -0.536. The lowest BCUT2D eigenvalue weighted by atomic mass is 9.63. The number of imide groups is 1. The van der Waals surface area contributed by atoms with Crippen molar-refractivity contribution in [3.63, 3.8) is 0 Å². The van der Waals surface area contributed by atoms with Gasteiger partial charge in [0.05, 0.1) is 30.2 Å². The van der Waals surface area contributed by atoms with Crippen LogP contribution in [0.15, 0.2) is 60.7 Å². The molecule has 7 rings (SSSR count). The third-order valence-corrected chi connectivity index (χ3v) is 7.30. The Hall–Kier alpha value is -3.41. The standard InChI is InChI=1S/C25H21NO5/c1-30-19-4-2-3-5-20(19)31-25(29)13-6-8-14(9-7-13)26-23(27)21-15-10-11-16(18-12-17(15)18)22(21)24(26)28/h2-11,15-18,21-22H,12H2,1H3/t15-,16-,17-,18+,21+,22+/m0/s1. The van der Waals surface area contributed by atoms with E-state index in [4.69, 9.17) is 9.47 Å². The van der Waals surface area contributed by atoms with Crippen LogP contribution in [0.25, 0.3) is 0 Å². The summed E-state index contributed by atoms with van der Waals surface area (Å²) in [5, 5.41) is 0. The predicted molar refractivity (Wildman–Crippen MR) is 112 cm³/mol. The van der Waals surface area contributed by atoms with Gasteiger partial charge < -0.3 is 9.47 Å². The van der Waals surface area contributed by atoms with E-state index in [-0.39, 0.29) is 35.5 Å². The van der Waals surface area contributed by atoms with Crippen LogP contribution in [0.1, 0.15) is 16.8 Å². The van der Waals surface area contributed by atoms with Crippen molar-refractivity contribution >= 4 is 23.5 Å². The molecule has 5 aliphatic rings. The molecule has 0 N–H and O–H groups in total. The van der Waals surface area contributed by atoms with Gasteiger partial charge in [0.25, 0.3) is 0 Å². The maximum Gasteiger partial charge on any atom is 0.343 e. The number of ether oxygens (including phenoxy) is 2. The molecule has 1 aliphatic heterocycles. The van der Waals surface area contributed by atoms with Crippen molar-refractivity contribution in [1.29, 1.82) is 0 Å². The van der Waals surface area contributed by atoms with Crippen molar-refractivity contribution in [2.24, 2.45) is 35.5 Å². The van der Waals surface area contributed by atoms with Crippen molar-refractivity contribution in [3.8, 4) is 11.5 Å². The number of benzene rings is 2. The third kappa shape index (κ3) is 2.60. The molecular weight excluding hydrogens is 394 g/mol. The van der Waals surface area contributed by atoms with Crippen LogP contribution in [0.2, 0.25) is 0 Å². The minimum Gasteiger partial charge on any atom is -0.493 e. The van der Waals surface area contributed by atoms with Gasteiger partial charge >= 0.3 is 5.97 Å². The molecule has 1 heterocycles. The first-order valence-electron chi connectivity index (χ1n) is 10.6. The smallest absolute Gasteiger partial charge is 0.343 e. The normalized spacial score (nSPS) is 32.0. The van der Waals surface area contributed by atoms with Gasteiger partial charge in [-0.15, -0.1) is 0 Å². The number of esters is 1. The molecule has 2 bridgehead atoms. The second kappa shape index (κ2) is 6.54. The zero-order chi connectivity index (χ0) is 21.3. The summed E-state index contributed by atoms with van der Waals surface area (Å²) >= 11 is 0. The van der Waals surface area contributed by atoms with E-state index in [0.29, 0.717) is 34.6 Å². The Balaban J connectivity index is 1.23. The Morgan fingerprint density at radius 2 is 1.45 bits per heavy atom. The van der Waals surface area contributed by atoms with E-state index in [0.717, 1.165) is 6.42 Å². The molecule has 2 aromatic rings. The second-order valence-corrected chi connectivity index (χ2v) is 8.75. The maximum atomic E-state index is 13.2. The number of hydrogen-bond acceptors (Lipinski definition) is 5. The average molecular weight is 415 g/mol. The number of nitrogens with zero attached hydrogens (tertiary/aromatic N) is 1. The van der Waals surface area contributed by atoms with Crippen molar-refractivity contribution in [3.05, 3.63) is 66.2 Å². The van der Waals surface area contributed by atoms with Crippen LogP contribution < -0.4 is 14.4 Å². The second-order valence-electron chi connectivity index (χ2n) is 8.75. The van der Waals surface area contributed by atoms with Gasteiger partial charge in [-0.2, -0.15) is 0 Å². The lowest BCUT2D eigenvalue weighted by Gasteiger charge is -2.37. The molecule has 0 unspecified atom stereocenters. The van der Waals surface area contributed by atoms with Gasteiger partial charge in [0.15, 0.2) is 11.5 Å². The molecule has 1 saturated heterocycles. The lowest BCUT2D eigenvalue weighted by molar-refractivity contribution is -0.124. The minimum absolute atomic E-state index is 0.107. The van der Waals surface area contributed by atoms with Gasteiger partial charge in [-0.1, -0.05) is 24.3 Å². The number of para-hydroxylation sites is 2. The van der Waals surface area contributed by atoms with E-state index >= 15 is 0 Å². The fourth-order valence-electron chi connectivity index (χ4n) is 5.82. The van der Waals surface area contributed by atoms with E-state index in [1.807, 2.05) is 0 Å². The molecule has 4 aliphatic carbocycles. The fourth-order valence-corrected chi connectivity index (χ4v) is 5.82. The largest absolute Gasteiger partial charge is 0.493 e. The number of carbonyl (C=O) groups is 3. The van der Waals surface area contributed by atoms with Gasteiger partial charge in [0, 0.05) is 0 Å². The highest BCUT2D eigenvalue weighted by atomic mass is 16.6. The molecule has 2 amide bonds. The Morgan fingerprint density at radius 1 is 0.871 bits per heavy atom. The topological polar surface area (TPSA) is 72.9 Å². The van der Waals surface area contributed by atoms with Crippen LogP contribution >= 0.6 is 0 Å². The van der Waals surface area contributed by atoms with Crippen molar-refractivity contribution < 1.29 is 23.9 Å². The first kappa shape index (κ1) is 18.4. The summed E-state index contributed by atoms with van der Waals surface area (Å²) in [6, 6.07) is 13.4. The number of amides is 2. The summed E-state index contributed by atoms with van der Waals surface area (Å²) in [5.41, 5.74) is 0.834. The molecule has 6 heteroatoms. The fraction of sp³-hybridized carbons (Fsp3) is 0.320. The highest BCUT2D eigenvalue weighted by molar-refractivity contribution is 6.22. The molecular formula is C25H21NO5. The number of rotatable bonds is 4. The number of allylic oxidation sites excluding steroid dienone is 2. The molecule has 2 saturated carbocycles. The molecule has 6 atom stereocenters. The third-order valence-electron chi connectivity index (χ3n) is 7.30. The van der Waals surface area contributed by atoms with E-state index in [9.17, 15) is 14.4 Å². The van der Waals surface area contributed by atoms with Gasteiger partial charge in [-0.25, -0.2) is 4.79 Å².